The van der Waals surface area contributed by atoms with Crippen LogP contribution in [0.2, 0.25) is 5.02 Å². The Hall–Kier alpha value is -2.12. The zero-order valence-electron chi connectivity index (χ0n) is 11.3. The molecule has 5 nitrogen and oxygen atoms in total. The third-order valence-electron chi connectivity index (χ3n) is 2.84. The second-order valence-electron chi connectivity index (χ2n) is 4.54. The molecule has 0 fully saturated rings. The first kappa shape index (κ1) is 16.3. The summed E-state index contributed by atoms with van der Waals surface area (Å²) >= 11 is 5.69. The lowest BCUT2D eigenvalue weighted by molar-refractivity contribution is 0.0697. The number of carboxylic acids is 1. The predicted octanol–water partition coefficient (Wildman–Crippen LogP) is 3.29. The van der Waals surface area contributed by atoms with E-state index in [2.05, 4.69) is 4.72 Å². The largest absolute Gasteiger partial charge is 0.478 e. The zero-order chi connectivity index (χ0) is 16.5. The Bertz CT molecular complexity index is 852. The number of carboxylic acid groups (broad SMARTS) is 1. The van der Waals surface area contributed by atoms with Crippen LogP contribution in [0.4, 0.5) is 10.1 Å². The van der Waals surface area contributed by atoms with E-state index < -0.39 is 21.8 Å². The van der Waals surface area contributed by atoms with Gasteiger partial charge in [0, 0.05) is 0 Å². The molecule has 8 heteroatoms. The van der Waals surface area contributed by atoms with Crippen molar-refractivity contribution in [3.8, 4) is 0 Å². The number of rotatable bonds is 4. The third-order valence-corrected chi connectivity index (χ3v) is 4.54. The normalized spacial score (nSPS) is 11.2. The van der Waals surface area contributed by atoms with Crippen LogP contribution in [0.1, 0.15) is 15.9 Å². The molecule has 0 radical (unpaired) electrons. The number of hydrogen-bond donors (Lipinski definition) is 2. The molecule has 0 unspecified atom stereocenters. The van der Waals surface area contributed by atoms with Crippen molar-refractivity contribution >= 4 is 33.3 Å². The molecule has 116 valence electrons. The molecule has 22 heavy (non-hydrogen) atoms. The van der Waals surface area contributed by atoms with E-state index in [4.69, 9.17) is 16.7 Å². The van der Waals surface area contributed by atoms with Crippen molar-refractivity contribution in [2.45, 2.75) is 11.8 Å². The van der Waals surface area contributed by atoms with E-state index in [0.717, 1.165) is 24.3 Å². The standard InChI is InChI=1S/C14H11ClFNO4S/c1-8-2-5-12(16)13(6-8)17-22(20,21)9-3-4-11(15)10(7-9)14(18)19/h2-7,17H,1H3,(H,18,19). The van der Waals surface area contributed by atoms with Gasteiger partial charge >= 0.3 is 5.97 Å². The highest BCUT2D eigenvalue weighted by molar-refractivity contribution is 7.92. The van der Waals surface area contributed by atoms with Crippen molar-refractivity contribution < 1.29 is 22.7 Å². The van der Waals surface area contributed by atoms with Crippen molar-refractivity contribution in [1.82, 2.24) is 0 Å². The molecule has 0 aliphatic heterocycles. The number of anilines is 1. The maximum Gasteiger partial charge on any atom is 0.337 e. The molecule has 0 saturated heterocycles. The summed E-state index contributed by atoms with van der Waals surface area (Å²) < 4.78 is 40.2. The summed E-state index contributed by atoms with van der Waals surface area (Å²) in [4.78, 5) is 10.7. The summed E-state index contributed by atoms with van der Waals surface area (Å²) in [6, 6.07) is 7.19. The molecular weight excluding hydrogens is 333 g/mol. The van der Waals surface area contributed by atoms with Crippen LogP contribution in [0.15, 0.2) is 41.3 Å². The summed E-state index contributed by atoms with van der Waals surface area (Å²) in [6.07, 6.45) is 0. The molecule has 2 aromatic carbocycles. The van der Waals surface area contributed by atoms with E-state index in [0.29, 0.717) is 5.56 Å². The highest BCUT2D eigenvalue weighted by Crippen LogP contribution is 2.24. The maximum atomic E-state index is 13.6. The molecule has 2 aromatic rings. The van der Waals surface area contributed by atoms with Crippen LogP contribution in [-0.4, -0.2) is 19.5 Å². The van der Waals surface area contributed by atoms with Gasteiger partial charge in [0.05, 0.1) is 21.2 Å². The van der Waals surface area contributed by atoms with Gasteiger partial charge in [0.2, 0.25) is 0 Å². The molecule has 2 rings (SSSR count). The van der Waals surface area contributed by atoms with Crippen LogP contribution in [-0.2, 0) is 10.0 Å². The molecule has 0 aliphatic carbocycles. The van der Waals surface area contributed by atoms with Crippen molar-refractivity contribution in [3.05, 3.63) is 58.4 Å². The van der Waals surface area contributed by atoms with Crippen LogP contribution in [0.5, 0.6) is 0 Å². The Morgan fingerprint density at radius 2 is 1.91 bits per heavy atom. The SMILES string of the molecule is Cc1ccc(F)c(NS(=O)(=O)c2ccc(Cl)c(C(=O)O)c2)c1. The number of hydrogen-bond acceptors (Lipinski definition) is 3. The lowest BCUT2D eigenvalue weighted by Gasteiger charge is -2.10. The number of benzene rings is 2. The van der Waals surface area contributed by atoms with E-state index in [1.165, 1.54) is 12.1 Å². The van der Waals surface area contributed by atoms with Crippen LogP contribution in [0, 0.1) is 12.7 Å². The van der Waals surface area contributed by atoms with Crippen LogP contribution in [0.25, 0.3) is 0 Å². The molecule has 0 saturated carbocycles. The Morgan fingerprint density at radius 3 is 2.55 bits per heavy atom. The minimum atomic E-state index is -4.14. The first-order chi connectivity index (χ1) is 10.2. The molecule has 0 spiro atoms. The second kappa shape index (κ2) is 5.94. The van der Waals surface area contributed by atoms with Gasteiger partial charge in [0.15, 0.2) is 0 Å². The lowest BCUT2D eigenvalue weighted by atomic mass is 10.2. The molecule has 0 aromatic heterocycles. The molecule has 0 amide bonds. The third kappa shape index (κ3) is 3.37. The van der Waals surface area contributed by atoms with Gasteiger partial charge in [0.1, 0.15) is 5.82 Å². The van der Waals surface area contributed by atoms with Crippen molar-refractivity contribution in [2.75, 3.05) is 4.72 Å². The molecule has 0 heterocycles. The average molecular weight is 344 g/mol. The quantitative estimate of drug-likeness (QED) is 0.892. The summed E-state index contributed by atoms with van der Waals surface area (Å²) in [5.74, 6) is -2.09. The van der Waals surface area contributed by atoms with Gasteiger partial charge in [-0.3, -0.25) is 4.72 Å². The number of aromatic carboxylic acids is 1. The van der Waals surface area contributed by atoms with Gasteiger partial charge in [-0.05, 0) is 42.8 Å². The summed E-state index contributed by atoms with van der Waals surface area (Å²) in [7, 11) is -4.14. The average Bonchev–Trinajstić information content (AvgIpc) is 2.42. The first-order valence-electron chi connectivity index (χ1n) is 6.02. The van der Waals surface area contributed by atoms with Gasteiger partial charge < -0.3 is 5.11 Å². The van der Waals surface area contributed by atoms with E-state index in [1.807, 2.05) is 0 Å². The molecule has 0 atom stereocenters. The summed E-state index contributed by atoms with van der Waals surface area (Å²) in [6.45, 7) is 1.68. The molecule has 2 N–H and O–H groups in total. The van der Waals surface area contributed by atoms with Gasteiger partial charge in [-0.25, -0.2) is 17.6 Å². The Morgan fingerprint density at radius 1 is 1.23 bits per heavy atom. The van der Waals surface area contributed by atoms with Gasteiger partial charge in [-0.1, -0.05) is 17.7 Å². The van der Waals surface area contributed by atoms with Crippen LogP contribution < -0.4 is 4.72 Å². The smallest absolute Gasteiger partial charge is 0.337 e. The number of halogens is 2. The van der Waals surface area contributed by atoms with Gasteiger partial charge in [-0.2, -0.15) is 0 Å². The Balaban J connectivity index is 2.45. The number of nitrogens with one attached hydrogen (secondary N) is 1. The highest BCUT2D eigenvalue weighted by atomic mass is 35.5. The molecular formula is C14H11ClFNO4S. The maximum absolute atomic E-state index is 13.6. The second-order valence-corrected chi connectivity index (χ2v) is 6.63. The fraction of sp³-hybridized carbons (Fsp3) is 0.0714. The van der Waals surface area contributed by atoms with E-state index in [1.54, 1.807) is 6.92 Å². The summed E-state index contributed by atoms with van der Waals surface area (Å²) in [5, 5.41) is 8.88. The zero-order valence-corrected chi connectivity index (χ0v) is 12.9. The number of carbonyl (C=O) groups is 1. The van der Waals surface area contributed by atoms with Crippen molar-refractivity contribution in [3.63, 3.8) is 0 Å². The molecule has 0 bridgehead atoms. The lowest BCUT2D eigenvalue weighted by Crippen LogP contribution is -2.15. The Labute approximate surface area is 131 Å². The van der Waals surface area contributed by atoms with Crippen molar-refractivity contribution in [1.29, 1.82) is 0 Å². The van der Waals surface area contributed by atoms with E-state index in [9.17, 15) is 17.6 Å². The summed E-state index contributed by atoms with van der Waals surface area (Å²) in [5.41, 5.74) is 0.0995. The predicted molar refractivity (Wildman–Crippen MR) is 80.4 cm³/mol. The minimum absolute atomic E-state index is 0.0896. The fourth-order valence-corrected chi connectivity index (χ4v) is 3.04. The van der Waals surface area contributed by atoms with Gasteiger partial charge in [0.25, 0.3) is 10.0 Å². The first-order valence-corrected chi connectivity index (χ1v) is 7.88. The van der Waals surface area contributed by atoms with Gasteiger partial charge in [-0.15, -0.1) is 0 Å². The van der Waals surface area contributed by atoms with Crippen LogP contribution in [0.3, 0.4) is 0 Å². The molecule has 0 aliphatic rings. The monoisotopic (exact) mass is 343 g/mol. The number of sulfonamides is 1. The van der Waals surface area contributed by atoms with E-state index >= 15 is 0 Å². The fourth-order valence-electron chi connectivity index (χ4n) is 1.76. The van der Waals surface area contributed by atoms with Crippen molar-refractivity contribution in [2.24, 2.45) is 0 Å². The topological polar surface area (TPSA) is 83.5 Å². The number of aryl methyl sites for hydroxylation is 1. The minimum Gasteiger partial charge on any atom is -0.478 e. The Kier molecular flexibility index (Phi) is 4.39. The van der Waals surface area contributed by atoms with E-state index in [-0.39, 0.29) is 21.2 Å². The highest BCUT2D eigenvalue weighted by Gasteiger charge is 2.19. The van der Waals surface area contributed by atoms with Crippen LogP contribution >= 0.6 is 11.6 Å².